The summed E-state index contributed by atoms with van der Waals surface area (Å²) in [6.45, 7) is 1.96. The molecule has 0 unspecified atom stereocenters. The van der Waals surface area contributed by atoms with E-state index in [4.69, 9.17) is 0 Å². The fourth-order valence-electron chi connectivity index (χ4n) is 2.65. The molecule has 0 aromatic heterocycles. The zero-order valence-electron chi connectivity index (χ0n) is 12.4. The Morgan fingerprint density at radius 3 is 2.05 bits per heavy atom. The van der Waals surface area contributed by atoms with Crippen LogP contribution in [0.1, 0.15) is 23.6 Å². The maximum absolute atomic E-state index is 4.63. The topological polar surface area (TPSA) is 27.6 Å². The van der Waals surface area contributed by atoms with Gasteiger partial charge in [0.2, 0.25) is 0 Å². The monoisotopic (exact) mass is 279 g/mol. The van der Waals surface area contributed by atoms with Gasteiger partial charge in [0, 0.05) is 20.1 Å². The predicted molar refractivity (Wildman–Crippen MR) is 87.4 cm³/mol. The first-order chi connectivity index (χ1) is 10.3. The van der Waals surface area contributed by atoms with E-state index in [1.807, 2.05) is 0 Å². The number of nitrogens with one attached hydrogen (secondary N) is 1. The summed E-state index contributed by atoms with van der Waals surface area (Å²) in [5, 5.41) is 3.61. The van der Waals surface area contributed by atoms with Crippen molar-refractivity contribution in [3.63, 3.8) is 0 Å². The zero-order chi connectivity index (χ0) is 14.5. The van der Waals surface area contributed by atoms with Crippen LogP contribution in [0.4, 0.5) is 0 Å². The van der Waals surface area contributed by atoms with Crippen molar-refractivity contribution in [3.05, 3.63) is 71.8 Å². The van der Waals surface area contributed by atoms with E-state index in [0.29, 0.717) is 0 Å². The van der Waals surface area contributed by atoms with Gasteiger partial charge in [-0.15, -0.1) is 0 Å². The summed E-state index contributed by atoms with van der Waals surface area (Å²) in [7, 11) is 2.10. The summed E-state index contributed by atoms with van der Waals surface area (Å²) in [6.07, 6.45) is 1.13. The molecule has 1 heterocycles. The van der Waals surface area contributed by atoms with Crippen molar-refractivity contribution >= 4 is 5.96 Å². The van der Waals surface area contributed by atoms with Crippen molar-refractivity contribution in [2.24, 2.45) is 4.99 Å². The predicted octanol–water partition coefficient (Wildman–Crippen LogP) is 3.06. The molecule has 108 valence electrons. The van der Waals surface area contributed by atoms with Crippen LogP contribution in [0, 0.1) is 0 Å². The van der Waals surface area contributed by atoms with Gasteiger partial charge in [-0.1, -0.05) is 60.7 Å². The number of nitrogens with zero attached hydrogens (tertiary/aromatic N) is 2. The minimum atomic E-state index is 0.131. The highest BCUT2D eigenvalue weighted by Crippen LogP contribution is 2.22. The first-order valence-electron chi connectivity index (χ1n) is 7.46. The number of hydrogen-bond donors (Lipinski definition) is 1. The molecule has 3 nitrogen and oxygen atoms in total. The molecule has 3 rings (SSSR count). The van der Waals surface area contributed by atoms with Crippen LogP contribution in [0.25, 0.3) is 0 Å². The molecule has 0 fully saturated rings. The molecule has 1 aliphatic heterocycles. The highest BCUT2D eigenvalue weighted by Gasteiger charge is 2.18. The van der Waals surface area contributed by atoms with Crippen LogP contribution in [0.2, 0.25) is 0 Å². The summed E-state index contributed by atoms with van der Waals surface area (Å²) >= 11 is 0. The third-order valence-electron chi connectivity index (χ3n) is 3.81. The Bertz CT molecular complexity index is 553. The third-order valence-corrected chi connectivity index (χ3v) is 3.81. The molecule has 0 aliphatic carbocycles. The van der Waals surface area contributed by atoms with Crippen molar-refractivity contribution in [1.29, 1.82) is 0 Å². The van der Waals surface area contributed by atoms with Crippen molar-refractivity contribution in [2.45, 2.75) is 12.5 Å². The van der Waals surface area contributed by atoms with Crippen LogP contribution < -0.4 is 5.32 Å². The van der Waals surface area contributed by atoms with E-state index in [-0.39, 0.29) is 6.04 Å². The van der Waals surface area contributed by atoms with Crippen LogP contribution in [0.15, 0.2) is 65.7 Å². The molecule has 0 atom stereocenters. The second kappa shape index (κ2) is 6.44. The Labute approximate surface area is 126 Å². The lowest BCUT2D eigenvalue weighted by atomic mass is 9.99. The lowest BCUT2D eigenvalue weighted by molar-refractivity contribution is 0.440. The van der Waals surface area contributed by atoms with Gasteiger partial charge < -0.3 is 10.2 Å². The molecule has 0 saturated heterocycles. The van der Waals surface area contributed by atoms with Crippen LogP contribution in [-0.2, 0) is 0 Å². The molecule has 2 aromatic rings. The first kappa shape index (κ1) is 13.7. The number of guanidine groups is 1. The van der Waals surface area contributed by atoms with Gasteiger partial charge in [-0.25, -0.2) is 0 Å². The van der Waals surface area contributed by atoms with Crippen LogP contribution in [-0.4, -0.2) is 31.0 Å². The van der Waals surface area contributed by atoms with Crippen LogP contribution in [0.5, 0.6) is 0 Å². The maximum atomic E-state index is 4.63. The van der Waals surface area contributed by atoms with E-state index in [9.17, 15) is 0 Å². The third kappa shape index (κ3) is 3.24. The SMILES string of the molecule is CN1CCCN=C1NC(c1ccccc1)c1ccccc1. The van der Waals surface area contributed by atoms with Gasteiger partial charge in [0.25, 0.3) is 0 Å². The van der Waals surface area contributed by atoms with E-state index >= 15 is 0 Å². The summed E-state index contributed by atoms with van der Waals surface area (Å²) in [4.78, 5) is 6.83. The molecule has 2 aromatic carbocycles. The lowest BCUT2D eigenvalue weighted by Gasteiger charge is -2.30. The fraction of sp³-hybridized carbons (Fsp3) is 0.278. The lowest BCUT2D eigenvalue weighted by Crippen LogP contribution is -2.43. The van der Waals surface area contributed by atoms with Gasteiger partial charge in [-0.2, -0.15) is 0 Å². The van der Waals surface area contributed by atoms with Gasteiger partial charge in [0.15, 0.2) is 5.96 Å². The Balaban J connectivity index is 1.92. The number of benzene rings is 2. The van der Waals surface area contributed by atoms with Crippen LogP contribution >= 0.6 is 0 Å². The molecule has 0 saturated carbocycles. The molecule has 0 amide bonds. The summed E-state index contributed by atoms with van der Waals surface area (Å²) < 4.78 is 0. The Hall–Kier alpha value is -2.29. The first-order valence-corrected chi connectivity index (χ1v) is 7.46. The van der Waals surface area contributed by atoms with Gasteiger partial charge in [0.05, 0.1) is 6.04 Å². The van der Waals surface area contributed by atoms with Crippen molar-refractivity contribution in [1.82, 2.24) is 10.2 Å². The Morgan fingerprint density at radius 2 is 1.52 bits per heavy atom. The number of hydrogen-bond acceptors (Lipinski definition) is 3. The van der Waals surface area contributed by atoms with E-state index in [1.165, 1.54) is 11.1 Å². The second-order valence-corrected chi connectivity index (χ2v) is 5.38. The Morgan fingerprint density at radius 1 is 0.952 bits per heavy atom. The largest absolute Gasteiger partial charge is 0.346 e. The molecule has 0 radical (unpaired) electrons. The van der Waals surface area contributed by atoms with Crippen LogP contribution in [0.3, 0.4) is 0 Å². The minimum absolute atomic E-state index is 0.131. The molecular formula is C18H21N3. The molecular weight excluding hydrogens is 258 g/mol. The van der Waals surface area contributed by atoms with Gasteiger partial charge in [0.1, 0.15) is 0 Å². The molecule has 1 N–H and O–H groups in total. The molecule has 3 heteroatoms. The standard InChI is InChI=1S/C18H21N3/c1-21-14-8-13-19-18(21)20-17(15-9-4-2-5-10-15)16-11-6-3-7-12-16/h2-7,9-12,17H,8,13-14H2,1H3,(H,19,20). The zero-order valence-corrected chi connectivity index (χ0v) is 12.4. The number of aliphatic imine (C=N–C) groups is 1. The molecule has 21 heavy (non-hydrogen) atoms. The van der Waals surface area contributed by atoms with E-state index in [2.05, 4.69) is 82.9 Å². The summed E-state index contributed by atoms with van der Waals surface area (Å²) in [6, 6.07) is 21.2. The van der Waals surface area contributed by atoms with Gasteiger partial charge >= 0.3 is 0 Å². The van der Waals surface area contributed by atoms with Crippen molar-refractivity contribution < 1.29 is 0 Å². The van der Waals surface area contributed by atoms with Crippen molar-refractivity contribution in [2.75, 3.05) is 20.1 Å². The summed E-state index contributed by atoms with van der Waals surface area (Å²) in [5.41, 5.74) is 2.51. The smallest absolute Gasteiger partial charge is 0.194 e. The fourth-order valence-corrected chi connectivity index (χ4v) is 2.65. The van der Waals surface area contributed by atoms with Gasteiger partial charge in [-0.05, 0) is 17.5 Å². The van der Waals surface area contributed by atoms with Gasteiger partial charge in [-0.3, -0.25) is 4.99 Å². The highest BCUT2D eigenvalue weighted by atomic mass is 15.3. The highest BCUT2D eigenvalue weighted by molar-refractivity contribution is 5.81. The molecule has 1 aliphatic rings. The summed E-state index contributed by atoms with van der Waals surface area (Å²) in [5.74, 6) is 0.985. The van der Waals surface area contributed by atoms with Crippen molar-refractivity contribution in [3.8, 4) is 0 Å². The second-order valence-electron chi connectivity index (χ2n) is 5.38. The quantitative estimate of drug-likeness (QED) is 0.935. The maximum Gasteiger partial charge on any atom is 0.194 e. The van der Waals surface area contributed by atoms with E-state index in [0.717, 1.165) is 25.5 Å². The molecule has 0 bridgehead atoms. The average Bonchev–Trinajstić information content (AvgIpc) is 2.56. The average molecular weight is 279 g/mol. The molecule has 0 spiro atoms. The van der Waals surface area contributed by atoms with E-state index in [1.54, 1.807) is 0 Å². The van der Waals surface area contributed by atoms with E-state index < -0.39 is 0 Å². The number of rotatable bonds is 3. The normalized spacial score (nSPS) is 15.0. The minimum Gasteiger partial charge on any atom is -0.346 e. The Kier molecular flexibility index (Phi) is 4.20.